The second kappa shape index (κ2) is 12.1. The number of esters is 2. The highest BCUT2D eigenvalue weighted by atomic mass is 16.5. The van der Waals surface area contributed by atoms with Crippen molar-refractivity contribution in [3.63, 3.8) is 0 Å². The van der Waals surface area contributed by atoms with E-state index in [9.17, 15) is 9.59 Å². The Hall–Kier alpha value is -2.82. The second-order valence-electron chi connectivity index (χ2n) is 8.31. The van der Waals surface area contributed by atoms with Crippen molar-refractivity contribution >= 4 is 11.9 Å². The molecule has 0 bridgehead atoms. The molecule has 0 amide bonds. The van der Waals surface area contributed by atoms with Crippen molar-refractivity contribution < 1.29 is 23.8 Å². The van der Waals surface area contributed by atoms with Crippen LogP contribution in [-0.2, 0) is 9.47 Å². The third-order valence-electron chi connectivity index (χ3n) is 5.37. The van der Waals surface area contributed by atoms with Gasteiger partial charge < -0.3 is 14.2 Å². The zero-order valence-corrected chi connectivity index (χ0v) is 19.3. The van der Waals surface area contributed by atoms with Crippen LogP contribution in [0.2, 0.25) is 0 Å². The van der Waals surface area contributed by atoms with E-state index >= 15 is 0 Å². The summed E-state index contributed by atoms with van der Waals surface area (Å²) in [7, 11) is 2.67. The molecule has 0 radical (unpaired) electrons. The fourth-order valence-electron chi connectivity index (χ4n) is 3.50. The maximum Gasteiger partial charge on any atom is 0.338 e. The lowest BCUT2D eigenvalue weighted by Crippen LogP contribution is -2.09. The van der Waals surface area contributed by atoms with Gasteiger partial charge in [0, 0.05) is 11.1 Å². The molecular formula is C26H34O5. The Morgan fingerprint density at radius 1 is 0.839 bits per heavy atom. The molecule has 0 saturated carbocycles. The summed E-state index contributed by atoms with van der Waals surface area (Å²) in [6, 6.07) is 12.3. The van der Waals surface area contributed by atoms with E-state index in [4.69, 9.17) is 14.2 Å². The summed E-state index contributed by atoms with van der Waals surface area (Å²) in [6.45, 7) is 7.35. The largest absolute Gasteiger partial charge is 0.493 e. The first-order valence-electron chi connectivity index (χ1n) is 10.9. The average molecular weight is 427 g/mol. The van der Waals surface area contributed by atoms with Gasteiger partial charge in [0.15, 0.2) is 0 Å². The average Bonchev–Trinajstić information content (AvgIpc) is 2.77. The first kappa shape index (κ1) is 24.4. The second-order valence-corrected chi connectivity index (χ2v) is 8.31. The summed E-state index contributed by atoms with van der Waals surface area (Å²) < 4.78 is 15.9. The fourth-order valence-corrected chi connectivity index (χ4v) is 3.50. The van der Waals surface area contributed by atoms with Gasteiger partial charge in [-0.05, 0) is 42.5 Å². The quantitative estimate of drug-likeness (QED) is 0.403. The molecule has 2 aromatic rings. The summed E-state index contributed by atoms with van der Waals surface area (Å²) >= 11 is 0. The minimum absolute atomic E-state index is 0.360. The molecule has 31 heavy (non-hydrogen) atoms. The molecule has 0 saturated heterocycles. The lowest BCUT2D eigenvalue weighted by Gasteiger charge is -2.17. The van der Waals surface area contributed by atoms with Gasteiger partial charge in [-0.15, -0.1) is 0 Å². The Kier molecular flexibility index (Phi) is 9.57. The van der Waals surface area contributed by atoms with Crippen LogP contribution in [0.15, 0.2) is 42.5 Å². The first-order valence-corrected chi connectivity index (χ1v) is 10.9. The van der Waals surface area contributed by atoms with Crippen molar-refractivity contribution in [2.24, 2.45) is 11.8 Å². The Balaban J connectivity index is 2.22. The topological polar surface area (TPSA) is 61.8 Å². The van der Waals surface area contributed by atoms with Crippen LogP contribution >= 0.6 is 0 Å². The molecule has 2 rings (SSSR count). The lowest BCUT2D eigenvalue weighted by molar-refractivity contribution is 0.0587. The van der Waals surface area contributed by atoms with Crippen LogP contribution in [-0.4, -0.2) is 32.8 Å². The van der Waals surface area contributed by atoms with Crippen molar-refractivity contribution in [3.05, 3.63) is 53.6 Å². The third kappa shape index (κ3) is 7.12. The molecule has 5 nitrogen and oxygen atoms in total. The summed E-state index contributed by atoms with van der Waals surface area (Å²) in [5.74, 6) is 1.05. The van der Waals surface area contributed by atoms with Crippen molar-refractivity contribution in [3.8, 4) is 16.9 Å². The van der Waals surface area contributed by atoms with Gasteiger partial charge in [0.2, 0.25) is 0 Å². The van der Waals surface area contributed by atoms with Crippen LogP contribution in [0.3, 0.4) is 0 Å². The van der Waals surface area contributed by atoms with Crippen LogP contribution in [0.25, 0.3) is 11.1 Å². The summed E-state index contributed by atoms with van der Waals surface area (Å²) in [5, 5.41) is 0. The molecule has 1 unspecified atom stereocenters. The zero-order valence-electron chi connectivity index (χ0n) is 19.3. The smallest absolute Gasteiger partial charge is 0.338 e. The predicted molar refractivity (Wildman–Crippen MR) is 123 cm³/mol. The maximum absolute atomic E-state index is 12.3. The van der Waals surface area contributed by atoms with Crippen molar-refractivity contribution in [2.45, 2.75) is 46.5 Å². The van der Waals surface area contributed by atoms with Gasteiger partial charge in [0.1, 0.15) is 5.75 Å². The molecule has 0 spiro atoms. The molecular weight excluding hydrogens is 392 g/mol. The molecule has 0 aliphatic heterocycles. The third-order valence-corrected chi connectivity index (χ3v) is 5.37. The van der Waals surface area contributed by atoms with Gasteiger partial charge in [-0.25, -0.2) is 9.59 Å². The van der Waals surface area contributed by atoms with Gasteiger partial charge in [0.05, 0.1) is 32.0 Å². The van der Waals surface area contributed by atoms with Crippen molar-refractivity contribution in [1.29, 1.82) is 0 Å². The van der Waals surface area contributed by atoms with Crippen molar-refractivity contribution in [1.82, 2.24) is 0 Å². The Morgan fingerprint density at radius 3 is 2.23 bits per heavy atom. The number of rotatable bonds is 11. The van der Waals surface area contributed by atoms with E-state index in [0.29, 0.717) is 35.0 Å². The van der Waals surface area contributed by atoms with Gasteiger partial charge >= 0.3 is 11.9 Å². The molecule has 0 aromatic heterocycles. The van der Waals surface area contributed by atoms with E-state index in [1.807, 2.05) is 24.3 Å². The summed E-state index contributed by atoms with van der Waals surface area (Å²) in [4.78, 5) is 24.4. The highest BCUT2D eigenvalue weighted by Crippen LogP contribution is 2.34. The monoisotopic (exact) mass is 426 g/mol. The molecule has 5 heteroatoms. The van der Waals surface area contributed by atoms with Gasteiger partial charge in [-0.2, -0.15) is 0 Å². The number of ether oxygens (including phenoxy) is 3. The number of hydrogen-bond donors (Lipinski definition) is 0. The first-order chi connectivity index (χ1) is 14.9. The standard InChI is InChI=1S/C26H34O5/c1-18(2)9-8-10-19(3)15-16-31-24-12-7-6-11-21(24)23-17-20(25(27)29-4)13-14-22(23)26(28)30-5/h6-7,11-14,17-19H,8-10,15-16H2,1-5H3. The predicted octanol–water partition coefficient (Wildman–Crippen LogP) is 6.16. The Bertz CT molecular complexity index is 872. The van der Waals surface area contributed by atoms with Crippen LogP contribution < -0.4 is 4.74 Å². The van der Waals surface area contributed by atoms with E-state index in [-0.39, 0.29) is 0 Å². The minimum Gasteiger partial charge on any atom is -0.493 e. The van der Waals surface area contributed by atoms with Crippen LogP contribution in [0, 0.1) is 11.8 Å². The number of methoxy groups -OCH3 is 2. The number of hydrogen-bond acceptors (Lipinski definition) is 5. The highest BCUT2D eigenvalue weighted by Gasteiger charge is 2.19. The molecule has 168 valence electrons. The number of benzene rings is 2. The highest BCUT2D eigenvalue weighted by molar-refractivity contribution is 6.01. The molecule has 0 aliphatic rings. The SMILES string of the molecule is COC(=O)c1ccc(C(=O)OC)c(-c2ccccc2OCCC(C)CCCC(C)C)c1. The van der Waals surface area contributed by atoms with E-state index in [1.165, 1.54) is 33.5 Å². The molecule has 0 fully saturated rings. The van der Waals surface area contributed by atoms with Crippen LogP contribution in [0.5, 0.6) is 5.75 Å². The fraction of sp³-hybridized carbons (Fsp3) is 0.462. The van der Waals surface area contributed by atoms with E-state index in [1.54, 1.807) is 18.2 Å². The normalized spacial score (nSPS) is 11.8. The van der Waals surface area contributed by atoms with E-state index < -0.39 is 11.9 Å². The van der Waals surface area contributed by atoms with Crippen LogP contribution in [0.4, 0.5) is 0 Å². The maximum atomic E-state index is 12.3. The minimum atomic E-state index is -0.472. The molecule has 1 atom stereocenters. The summed E-state index contributed by atoms with van der Waals surface area (Å²) in [5.41, 5.74) is 2.04. The van der Waals surface area contributed by atoms with Gasteiger partial charge in [-0.1, -0.05) is 58.2 Å². The molecule has 0 heterocycles. The van der Waals surface area contributed by atoms with E-state index in [2.05, 4.69) is 20.8 Å². The van der Waals surface area contributed by atoms with Crippen molar-refractivity contribution in [2.75, 3.05) is 20.8 Å². The zero-order chi connectivity index (χ0) is 22.8. The van der Waals surface area contributed by atoms with Crippen LogP contribution in [0.1, 0.15) is 67.2 Å². The number of carbonyl (C=O) groups excluding carboxylic acids is 2. The van der Waals surface area contributed by atoms with Gasteiger partial charge in [0.25, 0.3) is 0 Å². The van der Waals surface area contributed by atoms with E-state index in [0.717, 1.165) is 17.9 Å². The molecule has 0 N–H and O–H groups in total. The Labute approximate surface area is 185 Å². The lowest BCUT2D eigenvalue weighted by atomic mass is 9.96. The number of carbonyl (C=O) groups is 2. The summed E-state index contributed by atoms with van der Waals surface area (Å²) in [6.07, 6.45) is 4.63. The molecule has 0 aliphatic carbocycles. The van der Waals surface area contributed by atoms with Gasteiger partial charge in [-0.3, -0.25) is 0 Å². The molecule has 2 aromatic carbocycles. The number of para-hydroxylation sites is 1. The Morgan fingerprint density at radius 2 is 1.55 bits per heavy atom.